The number of carbonyl (C=O) groups is 1. The number of ketones is 1. The number of para-hydroxylation sites is 1. The highest BCUT2D eigenvalue weighted by molar-refractivity contribution is 5.98. The Kier molecular flexibility index (Phi) is 3.25. The van der Waals surface area contributed by atoms with E-state index in [1.807, 2.05) is 55.5 Å². The van der Waals surface area contributed by atoms with Gasteiger partial charge in [-0.05, 0) is 37.3 Å². The van der Waals surface area contributed by atoms with E-state index < -0.39 is 0 Å². The van der Waals surface area contributed by atoms with E-state index in [1.54, 1.807) is 6.07 Å². The second-order valence-electron chi connectivity index (χ2n) is 4.68. The number of fused-ring (bicyclic) bond motifs is 1. The minimum absolute atomic E-state index is 0.0250. The summed E-state index contributed by atoms with van der Waals surface area (Å²) in [6.45, 7) is 1.98. The van der Waals surface area contributed by atoms with Crippen LogP contribution in [0.4, 0.5) is 0 Å². The zero-order chi connectivity index (χ0) is 13.9. The van der Waals surface area contributed by atoms with Gasteiger partial charge in [-0.2, -0.15) is 0 Å². The summed E-state index contributed by atoms with van der Waals surface area (Å²) in [7, 11) is 0. The van der Waals surface area contributed by atoms with Gasteiger partial charge in [0.1, 0.15) is 11.3 Å². The highest BCUT2D eigenvalue weighted by Crippen LogP contribution is 2.21. The van der Waals surface area contributed by atoms with Gasteiger partial charge in [0.15, 0.2) is 12.4 Å². The highest BCUT2D eigenvalue weighted by atomic mass is 16.5. The average Bonchev–Trinajstić information content (AvgIpc) is 2.89. The first kappa shape index (κ1) is 12.5. The SMILES string of the molecule is Cc1ccc2oc(C(=O)COc3ccccc3)cc2c1. The first-order valence-electron chi connectivity index (χ1n) is 6.43. The number of rotatable bonds is 4. The van der Waals surface area contributed by atoms with Crippen LogP contribution >= 0.6 is 0 Å². The van der Waals surface area contributed by atoms with Crippen LogP contribution in [0.25, 0.3) is 11.0 Å². The monoisotopic (exact) mass is 266 g/mol. The number of benzene rings is 2. The Labute approximate surface area is 116 Å². The highest BCUT2D eigenvalue weighted by Gasteiger charge is 2.13. The molecule has 1 heterocycles. The van der Waals surface area contributed by atoms with Gasteiger partial charge in [-0.15, -0.1) is 0 Å². The van der Waals surface area contributed by atoms with E-state index in [-0.39, 0.29) is 12.4 Å². The third-order valence-electron chi connectivity index (χ3n) is 3.06. The molecule has 20 heavy (non-hydrogen) atoms. The molecule has 0 aliphatic carbocycles. The molecule has 0 unspecified atom stereocenters. The number of carbonyl (C=O) groups excluding carboxylic acids is 1. The van der Waals surface area contributed by atoms with Crippen molar-refractivity contribution < 1.29 is 13.9 Å². The van der Waals surface area contributed by atoms with E-state index in [4.69, 9.17) is 9.15 Å². The summed E-state index contributed by atoms with van der Waals surface area (Å²) >= 11 is 0. The fraction of sp³-hybridized carbons (Fsp3) is 0.118. The summed E-state index contributed by atoms with van der Waals surface area (Å²) in [5.74, 6) is 0.844. The van der Waals surface area contributed by atoms with Gasteiger partial charge >= 0.3 is 0 Å². The van der Waals surface area contributed by atoms with E-state index in [0.29, 0.717) is 11.5 Å². The fourth-order valence-corrected chi connectivity index (χ4v) is 2.04. The molecule has 3 rings (SSSR count). The van der Waals surface area contributed by atoms with Crippen molar-refractivity contribution in [1.82, 2.24) is 0 Å². The molecule has 0 amide bonds. The van der Waals surface area contributed by atoms with E-state index in [1.165, 1.54) is 0 Å². The number of aryl methyl sites for hydroxylation is 1. The molecule has 0 saturated heterocycles. The predicted octanol–water partition coefficient (Wildman–Crippen LogP) is 4.00. The first-order valence-corrected chi connectivity index (χ1v) is 6.43. The molecule has 0 fully saturated rings. The summed E-state index contributed by atoms with van der Waals surface area (Å²) in [6, 6.07) is 16.8. The van der Waals surface area contributed by atoms with Crippen molar-refractivity contribution in [2.24, 2.45) is 0 Å². The van der Waals surface area contributed by atoms with Gasteiger partial charge in [-0.3, -0.25) is 4.79 Å². The van der Waals surface area contributed by atoms with Crippen molar-refractivity contribution >= 4 is 16.8 Å². The normalized spacial score (nSPS) is 10.7. The van der Waals surface area contributed by atoms with Gasteiger partial charge in [0, 0.05) is 5.39 Å². The Morgan fingerprint density at radius 2 is 1.90 bits per heavy atom. The molecule has 0 N–H and O–H groups in total. The zero-order valence-corrected chi connectivity index (χ0v) is 11.1. The van der Waals surface area contributed by atoms with Crippen LogP contribution in [0.2, 0.25) is 0 Å². The van der Waals surface area contributed by atoms with Crippen molar-refractivity contribution in [3.8, 4) is 5.75 Å². The molecule has 3 aromatic rings. The van der Waals surface area contributed by atoms with Crippen LogP contribution in [0.1, 0.15) is 16.1 Å². The van der Waals surface area contributed by atoms with Crippen LogP contribution in [0, 0.1) is 6.92 Å². The van der Waals surface area contributed by atoms with Crippen LogP contribution in [-0.2, 0) is 0 Å². The molecule has 100 valence electrons. The van der Waals surface area contributed by atoms with Crippen molar-refractivity contribution in [2.75, 3.05) is 6.61 Å². The zero-order valence-electron chi connectivity index (χ0n) is 11.1. The Balaban J connectivity index is 1.75. The van der Waals surface area contributed by atoms with Gasteiger partial charge in [-0.1, -0.05) is 29.8 Å². The molecule has 0 radical (unpaired) electrons. The third-order valence-corrected chi connectivity index (χ3v) is 3.06. The number of Topliss-reactive ketones (excluding diaryl/α,β-unsaturated/α-hetero) is 1. The minimum Gasteiger partial charge on any atom is -0.485 e. The molecule has 0 aliphatic heterocycles. The lowest BCUT2D eigenvalue weighted by atomic mass is 10.2. The molecule has 3 heteroatoms. The molecule has 0 aliphatic rings. The molecule has 0 atom stereocenters. The number of hydrogen-bond donors (Lipinski definition) is 0. The minimum atomic E-state index is -0.164. The van der Waals surface area contributed by atoms with Crippen LogP contribution in [0.15, 0.2) is 59.0 Å². The largest absolute Gasteiger partial charge is 0.485 e. The van der Waals surface area contributed by atoms with E-state index in [2.05, 4.69) is 0 Å². The van der Waals surface area contributed by atoms with Crippen molar-refractivity contribution in [1.29, 1.82) is 0 Å². The second-order valence-corrected chi connectivity index (χ2v) is 4.68. The molecule has 0 saturated carbocycles. The van der Waals surface area contributed by atoms with Crippen LogP contribution in [-0.4, -0.2) is 12.4 Å². The Morgan fingerprint density at radius 1 is 1.10 bits per heavy atom. The lowest BCUT2D eigenvalue weighted by molar-refractivity contribution is 0.0896. The molecule has 0 spiro atoms. The summed E-state index contributed by atoms with van der Waals surface area (Å²) in [5.41, 5.74) is 1.86. The van der Waals surface area contributed by atoms with Crippen molar-refractivity contribution in [3.63, 3.8) is 0 Å². The summed E-state index contributed by atoms with van der Waals surface area (Å²) < 4.78 is 11.0. The quantitative estimate of drug-likeness (QED) is 0.670. The van der Waals surface area contributed by atoms with Gasteiger partial charge in [0.25, 0.3) is 0 Å². The van der Waals surface area contributed by atoms with E-state index in [0.717, 1.165) is 16.5 Å². The van der Waals surface area contributed by atoms with E-state index in [9.17, 15) is 4.79 Å². The summed E-state index contributed by atoms with van der Waals surface area (Å²) in [4.78, 5) is 12.1. The summed E-state index contributed by atoms with van der Waals surface area (Å²) in [5, 5.41) is 0.938. The standard InChI is InChI=1S/C17H14O3/c1-12-7-8-16-13(9-12)10-17(20-16)15(18)11-19-14-5-3-2-4-6-14/h2-10H,11H2,1H3. The lowest BCUT2D eigenvalue weighted by Gasteiger charge is -2.02. The van der Waals surface area contributed by atoms with Crippen molar-refractivity contribution in [2.45, 2.75) is 6.92 Å². The molecular weight excluding hydrogens is 252 g/mol. The number of hydrogen-bond acceptors (Lipinski definition) is 3. The maximum Gasteiger partial charge on any atom is 0.235 e. The Bertz CT molecular complexity index is 741. The lowest BCUT2D eigenvalue weighted by Crippen LogP contribution is -2.10. The molecule has 3 nitrogen and oxygen atoms in total. The smallest absolute Gasteiger partial charge is 0.235 e. The molecule has 0 bridgehead atoms. The number of furan rings is 1. The Morgan fingerprint density at radius 3 is 2.70 bits per heavy atom. The topological polar surface area (TPSA) is 39.4 Å². The van der Waals surface area contributed by atoms with Gasteiger partial charge in [-0.25, -0.2) is 0 Å². The molecule has 2 aromatic carbocycles. The predicted molar refractivity (Wildman–Crippen MR) is 77.2 cm³/mol. The average molecular weight is 266 g/mol. The van der Waals surface area contributed by atoms with Crippen molar-refractivity contribution in [3.05, 3.63) is 65.9 Å². The third kappa shape index (κ3) is 2.57. The summed E-state index contributed by atoms with van der Waals surface area (Å²) in [6.07, 6.45) is 0. The van der Waals surface area contributed by atoms with Gasteiger partial charge in [0.05, 0.1) is 0 Å². The maximum atomic E-state index is 12.1. The van der Waals surface area contributed by atoms with Gasteiger partial charge < -0.3 is 9.15 Å². The van der Waals surface area contributed by atoms with Crippen LogP contribution in [0.5, 0.6) is 5.75 Å². The second kappa shape index (κ2) is 5.21. The van der Waals surface area contributed by atoms with E-state index >= 15 is 0 Å². The van der Waals surface area contributed by atoms with Crippen LogP contribution < -0.4 is 4.74 Å². The number of ether oxygens (including phenoxy) is 1. The van der Waals surface area contributed by atoms with Crippen LogP contribution in [0.3, 0.4) is 0 Å². The Hall–Kier alpha value is -2.55. The maximum absolute atomic E-state index is 12.1. The molecular formula is C17H14O3. The van der Waals surface area contributed by atoms with Gasteiger partial charge in [0.2, 0.25) is 5.78 Å². The first-order chi connectivity index (χ1) is 9.72. The molecule has 1 aromatic heterocycles. The fourth-order valence-electron chi connectivity index (χ4n) is 2.04.